The Balaban J connectivity index is 1.29. The van der Waals surface area contributed by atoms with Gasteiger partial charge in [0.15, 0.2) is 5.78 Å². The Morgan fingerprint density at radius 3 is 1.22 bits per heavy atom. The lowest BCUT2D eigenvalue weighted by molar-refractivity contribution is -0.130. The number of fused-ring (bicyclic) bond motifs is 2. The van der Waals surface area contributed by atoms with Gasteiger partial charge in [-0.1, -0.05) is 194 Å². The number of aliphatic hydroxyl groups excluding tert-OH is 1. The quantitative estimate of drug-likeness (QED) is 0.184. The summed E-state index contributed by atoms with van der Waals surface area (Å²) in [7, 11) is 0. The van der Waals surface area contributed by atoms with Crippen LogP contribution in [0.25, 0.3) is 77.5 Å². The molecule has 12 rings (SSSR count). The molecule has 1 N–H and O–H groups in total. The first-order valence-corrected chi connectivity index (χ1v) is 20.1. The van der Waals surface area contributed by atoms with Gasteiger partial charge in [0.25, 0.3) is 0 Å². The van der Waals surface area contributed by atoms with Crippen molar-refractivity contribution >= 4 is 16.6 Å². The van der Waals surface area contributed by atoms with Crippen LogP contribution in [-0.4, -0.2) is 17.0 Å². The monoisotopic (exact) mass is 742 g/mol. The molecule has 3 aliphatic carbocycles. The van der Waals surface area contributed by atoms with Crippen molar-refractivity contribution in [1.29, 1.82) is 0 Å². The van der Waals surface area contributed by atoms with Gasteiger partial charge in [-0.15, -0.1) is 0 Å². The van der Waals surface area contributed by atoms with Crippen molar-refractivity contribution in [3.63, 3.8) is 0 Å². The molecule has 3 aliphatic rings. The molecule has 58 heavy (non-hydrogen) atoms. The second-order valence-electron chi connectivity index (χ2n) is 15.5. The minimum absolute atomic E-state index is 0.136. The summed E-state index contributed by atoms with van der Waals surface area (Å²) in [6.07, 6.45) is -1.17. The van der Waals surface area contributed by atoms with Gasteiger partial charge in [0.1, 0.15) is 6.10 Å². The molecule has 0 fully saturated rings. The molecule has 0 aliphatic heterocycles. The molecule has 0 aromatic heterocycles. The van der Waals surface area contributed by atoms with E-state index in [9.17, 15) is 9.90 Å². The van der Waals surface area contributed by atoms with Crippen LogP contribution in [0.4, 0.5) is 0 Å². The predicted octanol–water partition coefficient (Wildman–Crippen LogP) is 13.4. The number of carbonyl (C=O) groups is 1. The molecule has 0 saturated carbocycles. The van der Waals surface area contributed by atoms with Crippen LogP contribution in [-0.2, 0) is 4.79 Å². The van der Waals surface area contributed by atoms with E-state index >= 15 is 0 Å². The number of ketones is 1. The number of hydrogen-bond acceptors (Lipinski definition) is 2. The molecule has 3 atom stereocenters. The summed E-state index contributed by atoms with van der Waals surface area (Å²) in [6.45, 7) is 0. The number of aliphatic hydroxyl groups is 1. The molecule has 3 unspecified atom stereocenters. The van der Waals surface area contributed by atoms with Crippen molar-refractivity contribution < 1.29 is 9.90 Å². The van der Waals surface area contributed by atoms with Crippen LogP contribution >= 0.6 is 0 Å². The lowest BCUT2D eigenvalue weighted by Crippen LogP contribution is -2.44. The fourth-order valence-corrected chi connectivity index (χ4v) is 9.87. The first kappa shape index (κ1) is 34.1. The minimum atomic E-state index is -1.17. The van der Waals surface area contributed by atoms with Crippen molar-refractivity contribution in [3.05, 3.63) is 229 Å². The summed E-state index contributed by atoms with van der Waals surface area (Å²) in [6, 6.07) is 72.7. The third kappa shape index (κ3) is 5.34. The number of rotatable bonds is 6. The smallest absolute Gasteiger partial charge is 0.174 e. The SMILES string of the molecule is O=C1C2c3ccccc3C(c3c2c(-c2ccc(-c4ccccc4)cc2-c2ccccc2)c2ccccc2c3-c2ccc(-c3ccccc3)cc2-c2ccccc2)C1O. The van der Waals surface area contributed by atoms with Crippen molar-refractivity contribution in [2.24, 2.45) is 0 Å². The van der Waals surface area contributed by atoms with E-state index in [-0.39, 0.29) is 5.78 Å². The van der Waals surface area contributed by atoms with Crippen LogP contribution in [0.5, 0.6) is 0 Å². The van der Waals surface area contributed by atoms with Gasteiger partial charge in [-0.05, 0) is 112 Å². The first-order chi connectivity index (χ1) is 28.7. The van der Waals surface area contributed by atoms with Gasteiger partial charge in [-0.3, -0.25) is 4.79 Å². The van der Waals surface area contributed by atoms with Crippen LogP contribution in [0.2, 0.25) is 0 Å². The molecule has 2 heteroatoms. The minimum Gasteiger partial charge on any atom is -0.384 e. The molecule has 0 spiro atoms. The number of hydrogen-bond donors (Lipinski definition) is 1. The van der Waals surface area contributed by atoms with Crippen molar-refractivity contribution in [3.8, 4) is 66.8 Å². The average molecular weight is 743 g/mol. The normalized spacial score (nSPS) is 16.6. The van der Waals surface area contributed by atoms with Crippen LogP contribution in [0, 0.1) is 0 Å². The molecule has 0 radical (unpaired) electrons. The summed E-state index contributed by atoms with van der Waals surface area (Å²) < 4.78 is 0. The standard InChI is InChI=1S/C56H38O2/c57-55-51-43-27-15-16-28-44(43)52(56(55)58)54-50(46-32-30-40(36-19-7-2-8-20-36)34-48(46)38-23-11-4-12-24-38)42-26-14-13-25-41(42)49(53(51)54)45-31-29-39(35-17-5-1-6-18-35)33-47(45)37-21-9-3-10-22-37/h1-34,51-52,55,57H. The zero-order chi connectivity index (χ0) is 38.7. The lowest BCUT2D eigenvalue weighted by Gasteiger charge is -2.45. The molecular weight excluding hydrogens is 705 g/mol. The maximum Gasteiger partial charge on any atom is 0.174 e. The fraction of sp³-hybridized carbons (Fsp3) is 0.0536. The highest BCUT2D eigenvalue weighted by Gasteiger charge is 2.51. The largest absolute Gasteiger partial charge is 0.384 e. The molecule has 0 saturated heterocycles. The van der Waals surface area contributed by atoms with Crippen LogP contribution < -0.4 is 0 Å². The third-order valence-corrected chi connectivity index (χ3v) is 12.4. The Morgan fingerprint density at radius 1 is 0.345 bits per heavy atom. The van der Waals surface area contributed by atoms with Crippen molar-refractivity contribution in [1.82, 2.24) is 0 Å². The average Bonchev–Trinajstić information content (AvgIpc) is 3.30. The second-order valence-corrected chi connectivity index (χ2v) is 15.5. The lowest BCUT2D eigenvalue weighted by atomic mass is 9.58. The van der Waals surface area contributed by atoms with E-state index in [1.807, 2.05) is 24.3 Å². The summed E-state index contributed by atoms with van der Waals surface area (Å²) in [5.41, 5.74) is 17.3. The van der Waals surface area contributed by atoms with Gasteiger partial charge in [0, 0.05) is 5.92 Å². The predicted molar refractivity (Wildman–Crippen MR) is 238 cm³/mol. The van der Waals surface area contributed by atoms with Crippen LogP contribution in [0.3, 0.4) is 0 Å². The van der Waals surface area contributed by atoms with Gasteiger partial charge < -0.3 is 5.11 Å². The zero-order valence-corrected chi connectivity index (χ0v) is 31.7. The maximum atomic E-state index is 14.7. The zero-order valence-electron chi connectivity index (χ0n) is 31.7. The van der Waals surface area contributed by atoms with E-state index in [1.54, 1.807) is 0 Å². The Morgan fingerprint density at radius 2 is 0.741 bits per heavy atom. The van der Waals surface area contributed by atoms with Gasteiger partial charge in [0.2, 0.25) is 0 Å². The Bertz CT molecular complexity index is 3020. The highest BCUT2D eigenvalue weighted by molar-refractivity contribution is 6.16. The second kappa shape index (κ2) is 13.8. The van der Waals surface area contributed by atoms with Gasteiger partial charge >= 0.3 is 0 Å². The van der Waals surface area contributed by atoms with E-state index in [4.69, 9.17) is 0 Å². The van der Waals surface area contributed by atoms with E-state index in [1.165, 1.54) is 0 Å². The van der Waals surface area contributed by atoms with Gasteiger partial charge in [-0.2, -0.15) is 0 Å². The van der Waals surface area contributed by atoms with E-state index < -0.39 is 17.9 Å². The summed E-state index contributed by atoms with van der Waals surface area (Å²) in [5.74, 6) is -1.31. The van der Waals surface area contributed by atoms with E-state index in [0.29, 0.717) is 0 Å². The number of Topliss-reactive ketones (excluding diaryl/α,β-unsaturated/α-hetero) is 1. The Hall–Kier alpha value is -7.13. The Kier molecular flexibility index (Phi) is 8.13. The summed E-state index contributed by atoms with van der Waals surface area (Å²) in [5, 5.41) is 14.4. The van der Waals surface area contributed by atoms with Crippen LogP contribution in [0.15, 0.2) is 206 Å². The highest BCUT2D eigenvalue weighted by Crippen LogP contribution is 2.60. The number of benzene rings is 9. The number of carbonyl (C=O) groups excluding carboxylic acids is 1. The van der Waals surface area contributed by atoms with Crippen LogP contribution in [0.1, 0.15) is 34.1 Å². The summed E-state index contributed by atoms with van der Waals surface area (Å²) >= 11 is 0. The molecule has 9 aromatic rings. The molecule has 9 aromatic carbocycles. The topological polar surface area (TPSA) is 37.3 Å². The molecule has 0 amide bonds. The molecule has 2 nitrogen and oxygen atoms in total. The summed E-state index contributed by atoms with van der Waals surface area (Å²) in [4.78, 5) is 14.7. The molecular formula is C56H38O2. The fourth-order valence-electron chi connectivity index (χ4n) is 9.87. The van der Waals surface area contributed by atoms with Gasteiger partial charge in [0.05, 0.1) is 5.92 Å². The maximum absolute atomic E-state index is 14.7. The third-order valence-electron chi connectivity index (χ3n) is 12.4. The van der Waals surface area contributed by atoms with E-state index in [0.717, 1.165) is 99.8 Å². The first-order valence-electron chi connectivity index (χ1n) is 20.1. The van der Waals surface area contributed by atoms with Gasteiger partial charge in [-0.25, -0.2) is 0 Å². The molecule has 274 valence electrons. The molecule has 0 heterocycles. The van der Waals surface area contributed by atoms with E-state index in [2.05, 4.69) is 182 Å². The highest BCUT2D eigenvalue weighted by atomic mass is 16.3. The van der Waals surface area contributed by atoms with Crippen molar-refractivity contribution in [2.45, 2.75) is 17.9 Å². The Labute approximate surface area is 338 Å². The van der Waals surface area contributed by atoms with Crippen molar-refractivity contribution in [2.75, 3.05) is 0 Å². The molecule has 2 bridgehead atoms.